The molecule has 3 aliphatic rings. The first-order valence-electron chi connectivity index (χ1n) is 12.7. The molecular formula is C28H42O5. The van der Waals surface area contributed by atoms with Gasteiger partial charge in [0, 0.05) is 24.5 Å². The molecule has 0 spiro atoms. The molecule has 0 radical (unpaired) electrons. The summed E-state index contributed by atoms with van der Waals surface area (Å²) in [6, 6.07) is 0. The highest BCUT2D eigenvalue weighted by Crippen LogP contribution is 2.58. The zero-order valence-electron chi connectivity index (χ0n) is 21.2. The SMILES string of the molecule is CC(C)C(C)/C=C/[C@H](C)[C@H]1CC[C@H]2/C(=C\C(=O)O[C@]3(C)CC[C@@H](O)CC3=O)C(=O)CC[C@]12C. The van der Waals surface area contributed by atoms with Crippen LogP contribution in [-0.4, -0.2) is 34.3 Å². The molecule has 3 saturated carbocycles. The topological polar surface area (TPSA) is 80.7 Å². The molecular weight excluding hydrogens is 416 g/mol. The Morgan fingerprint density at radius 1 is 1.06 bits per heavy atom. The van der Waals surface area contributed by atoms with Gasteiger partial charge in [0.25, 0.3) is 0 Å². The van der Waals surface area contributed by atoms with Crippen LogP contribution in [0.2, 0.25) is 0 Å². The van der Waals surface area contributed by atoms with Crippen LogP contribution in [0.4, 0.5) is 0 Å². The van der Waals surface area contributed by atoms with Gasteiger partial charge in [0.15, 0.2) is 17.2 Å². The maximum Gasteiger partial charge on any atom is 0.332 e. The molecule has 1 N–H and O–H groups in total. The second-order valence-corrected chi connectivity index (χ2v) is 11.6. The summed E-state index contributed by atoms with van der Waals surface area (Å²) >= 11 is 0. The number of hydrogen-bond acceptors (Lipinski definition) is 5. The van der Waals surface area contributed by atoms with Crippen molar-refractivity contribution in [3.63, 3.8) is 0 Å². The zero-order chi connectivity index (χ0) is 24.6. The fourth-order valence-electron chi connectivity index (χ4n) is 6.21. The summed E-state index contributed by atoms with van der Waals surface area (Å²) in [4.78, 5) is 38.1. The van der Waals surface area contributed by atoms with Crippen LogP contribution in [0, 0.1) is 35.0 Å². The van der Waals surface area contributed by atoms with Crippen LogP contribution in [-0.2, 0) is 19.1 Å². The summed E-state index contributed by atoms with van der Waals surface area (Å²) in [5.41, 5.74) is -0.673. The maximum absolute atomic E-state index is 12.9. The largest absolute Gasteiger partial charge is 0.448 e. The first-order valence-corrected chi connectivity index (χ1v) is 12.7. The fourth-order valence-corrected chi connectivity index (χ4v) is 6.21. The fraction of sp³-hybridized carbons (Fsp3) is 0.750. The highest BCUT2D eigenvalue weighted by molar-refractivity contribution is 6.02. The van der Waals surface area contributed by atoms with Crippen LogP contribution in [0.5, 0.6) is 0 Å². The van der Waals surface area contributed by atoms with E-state index >= 15 is 0 Å². The minimum absolute atomic E-state index is 0.00247. The molecule has 5 heteroatoms. The van der Waals surface area contributed by atoms with E-state index in [-0.39, 0.29) is 29.3 Å². The molecule has 0 saturated heterocycles. The van der Waals surface area contributed by atoms with Gasteiger partial charge in [-0.15, -0.1) is 0 Å². The molecule has 0 aromatic heterocycles. The van der Waals surface area contributed by atoms with Gasteiger partial charge in [0.05, 0.1) is 6.10 Å². The molecule has 184 valence electrons. The Hall–Kier alpha value is -1.75. The van der Waals surface area contributed by atoms with E-state index in [0.717, 1.165) is 19.3 Å². The van der Waals surface area contributed by atoms with Gasteiger partial charge in [-0.2, -0.15) is 0 Å². The van der Waals surface area contributed by atoms with E-state index in [4.69, 9.17) is 4.74 Å². The molecule has 1 unspecified atom stereocenters. The molecule has 3 fully saturated rings. The third-order valence-corrected chi connectivity index (χ3v) is 8.97. The quantitative estimate of drug-likeness (QED) is 0.336. The first kappa shape index (κ1) is 25.9. The molecule has 7 atom stereocenters. The summed E-state index contributed by atoms with van der Waals surface area (Å²) in [7, 11) is 0. The molecule has 33 heavy (non-hydrogen) atoms. The van der Waals surface area contributed by atoms with Crippen molar-refractivity contribution in [2.75, 3.05) is 0 Å². The lowest BCUT2D eigenvalue weighted by Gasteiger charge is -2.43. The van der Waals surface area contributed by atoms with Gasteiger partial charge in [0.2, 0.25) is 0 Å². The van der Waals surface area contributed by atoms with Crippen molar-refractivity contribution in [3.05, 3.63) is 23.8 Å². The van der Waals surface area contributed by atoms with Crippen LogP contribution >= 0.6 is 0 Å². The lowest BCUT2D eigenvalue weighted by Crippen LogP contribution is -2.46. The minimum Gasteiger partial charge on any atom is -0.448 e. The van der Waals surface area contributed by atoms with Crippen LogP contribution in [0.1, 0.15) is 86.5 Å². The zero-order valence-corrected chi connectivity index (χ0v) is 21.2. The second-order valence-electron chi connectivity index (χ2n) is 11.6. The molecule has 0 aromatic carbocycles. The molecule has 0 aromatic rings. The van der Waals surface area contributed by atoms with Crippen molar-refractivity contribution in [1.29, 1.82) is 0 Å². The molecule has 0 aliphatic heterocycles. The van der Waals surface area contributed by atoms with E-state index in [1.807, 2.05) is 0 Å². The smallest absolute Gasteiger partial charge is 0.332 e. The average Bonchev–Trinajstić information content (AvgIpc) is 3.09. The lowest BCUT2D eigenvalue weighted by molar-refractivity contribution is -0.167. The average molecular weight is 459 g/mol. The third kappa shape index (κ3) is 5.34. The molecule has 0 amide bonds. The van der Waals surface area contributed by atoms with E-state index in [0.29, 0.717) is 48.5 Å². The highest BCUT2D eigenvalue weighted by Gasteiger charge is 2.53. The number of carbonyl (C=O) groups is 3. The van der Waals surface area contributed by atoms with Crippen molar-refractivity contribution >= 4 is 17.5 Å². The van der Waals surface area contributed by atoms with Crippen molar-refractivity contribution in [3.8, 4) is 0 Å². The van der Waals surface area contributed by atoms with Gasteiger partial charge >= 0.3 is 5.97 Å². The number of ketones is 2. The van der Waals surface area contributed by atoms with E-state index in [1.165, 1.54) is 6.08 Å². The number of hydrogen-bond donors (Lipinski definition) is 1. The van der Waals surface area contributed by atoms with Crippen LogP contribution in [0.15, 0.2) is 23.8 Å². The van der Waals surface area contributed by atoms with Gasteiger partial charge in [-0.3, -0.25) is 9.59 Å². The van der Waals surface area contributed by atoms with Crippen LogP contribution in [0.3, 0.4) is 0 Å². The summed E-state index contributed by atoms with van der Waals surface area (Å²) in [6.07, 6.45) is 9.34. The van der Waals surface area contributed by atoms with Gasteiger partial charge in [-0.25, -0.2) is 4.79 Å². The van der Waals surface area contributed by atoms with Crippen molar-refractivity contribution < 1.29 is 24.2 Å². The number of aliphatic hydroxyl groups is 1. The van der Waals surface area contributed by atoms with Gasteiger partial charge < -0.3 is 9.84 Å². The Labute approximate surface area is 199 Å². The summed E-state index contributed by atoms with van der Waals surface area (Å²) in [5.74, 6) is 1.21. The van der Waals surface area contributed by atoms with Crippen molar-refractivity contribution in [1.82, 2.24) is 0 Å². The van der Waals surface area contributed by atoms with E-state index in [9.17, 15) is 19.5 Å². The number of Topliss-reactive ketones (excluding diaryl/α,β-unsaturated/α-hetero) is 2. The number of carbonyl (C=O) groups excluding carboxylic acids is 3. The normalized spacial score (nSPS) is 38.1. The second kappa shape index (κ2) is 9.85. The van der Waals surface area contributed by atoms with E-state index in [1.54, 1.807) is 6.92 Å². The minimum atomic E-state index is -1.22. The third-order valence-electron chi connectivity index (χ3n) is 8.97. The number of ether oxygens (including phenoxy) is 1. The summed E-state index contributed by atoms with van der Waals surface area (Å²) in [5, 5.41) is 9.72. The lowest BCUT2D eigenvalue weighted by atomic mass is 9.61. The van der Waals surface area contributed by atoms with E-state index < -0.39 is 17.7 Å². The predicted molar refractivity (Wildman–Crippen MR) is 128 cm³/mol. The molecule has 0 bridgehead atoms. The highest BCUT2D eigenvalue weighted by atomic mass is 16.6. The number of allylic oxidation sites excluding steroid dienone is 3. The van der Waals surface area contributed by atoms with Crippen molar-refractivity contribution in [2.24, 2.45) is 35.0 Å². The van der Waals surface area contributed by atoms with E-state index in [2.05, 4.69) is 46.8 Å². The van der Waals surface area contributed by atoms with Crippen LogP contribution < -0.4 is 0 Å². The first-order chi connectivity index (χ1) is 15.4. The summed E-state index contributed by atoms with van der Waals surface area (Å²) < 4.78 is 5.59. The monoisotopic (exact) mass is 458 g/mol. The Bertz CT molecular complexity index is 839. The predicted octanol–water partition coefficient (Wildman–Crippen LogP) is 5.21. The van der Waals surface area contributed by atoms with Gasteiger partial charge in [0.1, 0.15) is 0 Å². The Morgan fingerprint density at radius 2 is 1.76 bits per heavy atom. The molecule has 0 heterocycles. The number of esters is 1. The number of fused-ring (bicyclic) bond motifs is 1. The Morgan fingerprint density at radius 3 is 2.39 bits per heavy atom. The van der Waals surface area contributed by atoms with Gasteiger partial charge in [-0.05, 0) is 74.0 Å². The number of aliphatic hydroxyl groups excluding tert-OH is 1. The van der Waals surface area contributed by atoms with Gasteiger partial charge in [-0.1, -0.05) is 46.8 Å². The Balaban J connectivity index is 1.76. The molecule has 5 nitrogen and oxygen atoms in total. The summed E-state index contributed by atoms with van der Waals surface area (Å²) in [6.45, 7) is 12.9. The maximum atomic E-state index is 12.9. The standard InChI is InChI=1S/C28H42O5/c1-17(2)18(3)7-8-19(4)22-9-10-23-21(24(30)12-13-27(22,23)5)16-26(32)33-28(6)14-11-20(29)15-25(28)31/h7-8,16-20,22-23,29H,9-15H2,1-6H3/b8-7+,21-16+/t18?,19-,20+,22+,23-,27+,28+/m0/s1. The van der Waals surface area contributed by atoms with Crippen LogP contribution in [0.25, 0.3) is 0 Å². The Kier molecular flexibility index (Phi) is 7.72. The number of rotatable bonds is 6. The molecule has 3 aliphatic carbocycles. The van der Waals surface area contributed by atoms with Crippen molar-refractivity contribution in [2.45, 2.75) is 98.2 Å². The molecule has 3 rings (SSSR count).